The zero-order chi connectivity index (χ0) is 17.2. The van der Waals surface area contributed by atoms with E-state index < -0.39 is 0 Å². The second kappa shape index (κ2) is 7.16. The molecule has 0 spiro atoms. The summed E-state index contributed by atoms with van der Waals surface area (Å²) < 4.78 is 7.65. The Hall–Kier alpha value is -1.88. The molecule has 134 valence electrons. The van der Waals surface area contributed by atoms with Crippen LogP contribution in [0.2, 0.25) is 0 Å². The standard InChI is InChI=1S/C20H27N3O2/c1-14-10-16-11-18(15-6-8-25-9-7-15)23(20(16)21-12-14)13-19(24)22-17-4-2-3-5-17/h10-12,15,17H,2-9,13H2,1H3,(H,22,24). The first-order valence-electron chi connectivity index (χ1n) is 9.53. The van der Waals surface area contributed by atoms with E-state index in [4.69, 9.17) is 4.74 Å². The first-order valence-corrected chi connectivity index (χ1v) is 9.53. The lowest BCUT2D eigenvalue weighted by molar-refractivity contribution is -0.122. The van der Waals surface area contributed by atoms with Crippen LogP contribution in [0.3, 0.4) is 0 Å². The van der Waals surface area contributed by atoms with Crippen molar-refractivity contribution in [1.29, 1.82) is 0 Å². The van der Waals surface area contributed by atoms with Gasteiger partial charge in [0.2, 0.25) is 5.91 Å². The second-order valence-corrected chi connectivity index (χ2v) is 7.52. The van der Waals surface area contributed by atoms with Crippen molar-refractivity contribution >= 4 is 16.9 Å². The largest absolute Gasteiger partial charge is 0.381 e. The molecule has 0 unspecified atom stereocenters. The summed E-state index contributed by atoms with van der Waals surface area (Å²) in [6.45, 7) is 4.02. The van der Waals surface area contributed by atoms with Crippen LogP contribution >= 0.6 is 0 Å². The van der Waals surface area contributed by atoms with Gasteiger partial charge < -0.3 is 14.6 Å². The van der Waals surface area contributed by atoms with Crippen LogP contribution in [-0.4, -0.2) is 34.7 Å². The highest BCUT2D eigenvalue weighted by Crippen LogP contribution is 2.31. The number of rotatable bonds is 4. The van der Waals surface area contributed by atoms with Gasteiger partial charge in [0, 0.05) is 42.5 Å². The SMILES string of the molecule is Cc1cnc2c(c1)cc(C1CCOCC1)n2CC(=O)NC1CCCC1. The molecular formula is C20H27N3O2. The fourth-order valence-electron chi connectivity index (χ4n) is 4.26. The Morgan fingerprint density at radius 1 is 1.24 bits per heavy atom. The lowest BCUT2D eigenvalue weighted by Crippen LogP contribution is -2.35. The van der Waals surface area contributed by atoms with Gasteiger partial charge in [-0.1, -0.05) is 12.8 Å². The summed E-state index contributed by atoms with van der Waals surface area (Å²) in [6, 6.07) is 4.75. The predicted octanol–water partition coefficient (Wildman–Crippen LogP) is 3.30. The number of aromatic nitrogens is 2. The number of nitrogens with one attached hydrogen (secondary N) is 1. The van der Waals surface area contributed by atoms with Crippen molar-refractivity contribution in [2.45, 2.75) is 64.0 Å². The molecular weight excluding hydrogens is 314 g/mol. The van der Waals surface area contributed by atoms with Gasteiger partial charge in [-0.05, 0) is 50.3 Å². The zero-order valence-corrected chi connectivity index (χ0v) is 15.0. The maximum Gasteiger partial charge on any atom is 0.240 e. The Morgan fingerprint density at radius 2 is 2.00 bits per heavy atom. The minimum atomic E-state index is 0.111. The monoisotopic (exact) mass is 341 g/mol. The molecule has 0 atom stereocenters. The van der Waals surface area contributed by atoms with E-state index in [1.54, 1.807) is 0 Å². The maximum atomic E-state index is 12.6. The normalized spacial score (nSPS) is 19.6. The van der Waals surface area contributed by atoms with E-state index in [2.05, 4.69) is 33.9 Å². The van der Waals surface area contributed by atoms with Gasteiger partial charge in [0.25, 0.3) is 0 Å². The number of hydrogen-bond acceptors (Lipinski definition) is 3. The van der Waals surface area contributed by atoms with E-state index in [0.717, 1.165) is 55.5 Å². The van der Waals surface area contributed by atoms with E-state index in [9.17, 15) is 4.79 Å². The second-order valence-electron chi connectivity index (χ2n) is 7.52. The van der Waals surface area contributed by atoms with Gasteiger partial charge in [-0.25, -0.2) is 4.98 Å². The number of fused-ring (bicyclic) bond motifs is 1. The summed E-state index contributed by atoms with van der Waals surface area (Å²) in [7, 11) is 0. The van der Waals surface area contributed by atoms with Crippen molar-refractivity contribution in [3.63, 3.8) is 0 Å². The van der Waals surface area contributed by atoms with Crippen LogP contribution in [0.25, 0.3) is 11.0 Å². The third-order valence-corrected chi connectivity index (χ3v) is 5.56. The Labute approximate surface area is 148 Å². The van der Waals surface area contributed by atoms with Gasteiger partial charge in [-0.2, -0.15) is 0 Å². The highest BCUT2D eigenvalue weighted by atomic mass is 16.5. The molecule has 2 aliphatic rings. The molecule has 1 saturated heterocycles. The van der Waals surface area contributed by atoms with Crippen molar-refractivity contribution in [1.82, 2.24) is 14.9 Å². The molecule has 3 heterocycles. The minimum Gasteiger partial charge on any atom is -0.381 e. The Balaban J connectivity index is 1.63. The highest BCUT2D eigenvalue weighted by molar-refractivity contribution is 5.82. The van der Waals surface area contributed by atoms with E-state index in [0.29, 0.717) is 18.5 Å². The number of hydrogen-bond donors (Lipinski definition) is 1. The number of aryl methyl sites for hydroxylation is 1. The maximum absolute atomic E-state index is 12.6. The van der Waals surface area contributed by atoms with Gasteiger partial charge in [-0.15, -0.1) is 0 Å². The van der Waals surface area contributed by atoms with Crippen molar-refractivity contribution < 1.29 is 9.53 Å². The summed E-state index contributed by atoms with van der Waals surface area (Å²) in [5, 5.41) is 4.35. The fourth-order valence-corrected chi connectivity index (χ4v) is 4.26. The molecule has 0 radical (unpaired) electrons. The van der Waals surface area contributed by atoms with E-state index in [-0.39, 0.29) is 5.91 Å². The quantitative estimate of drug-likeness (QED) is 0.928. The number of ether oxygens (including phenoxy) is 1. The molecule has 4 rings (SSSR count). The number of carbonyl (C=O) groups is 1. The smallest absolute Gasteiger partial charge is 0.240 e. The van der Waals surface area contributed by atoms with Crippen LogP contribution < -0.4 is 5.32 Å². The average molecular weight is 341 g/mol. The molecule has 2 aromatic heterocycles. The van der Waals surface area contributed by atoms with Crippen LogP contribution in [0.1, 0.15) is 55.7 Å². The molecule has 1 saturated carbocycles. The number of pyridine rings is 1. The molecule has 2 fully saturated rings. The van der Waals surface area contributed by atoms with Crippen molar-refractivity contribution in [3.05, 3.63) is 29.6 Å². The lowest BCUT2D eigenvalue weighted by Gasteiger charge is -2.24. The van der Waals surface area contributed by atoms with Crippen molar-refractivity contribution in [3.8, 4) is 0 Å². The number of nitrogens with zero attached hydrogens (tertiary/aromatic N) is 2. The van der Waals surface area contributed by atoms with Crippen molar-refractivity contribution in [2.24, 2.45) is 0 Å². The van der Waals surface area contributed by atoms with E-state index in [1.165, 1.54) is 18.5 Å². The van der Waals surface area contributed by atoms with Crippen LogP contribution in [0.4, 0.5) is 0 Å². The Bertz CT molecular complexity index is 756. The molecule has 1 N–H and O–H groups in total. The van der Waals surface area contributed by atoms with Crippen LogP contribution in [0.15, 0.2) is 18.3 Å². The predicted molar refractivity (Wildman–Crippen MR) is 97.7 cm³/mol. The Kier molecular flexibility index (Phi) is 4.75. The first-order chi connectivity index (χ1) is 12.2. The molecule has 0 aromatic carbocycles. The van der Waals surface area contributed by atoms with Gasteiger partial charge in [0.15, 0.2) is 0 Å². The summed E-state index contributed by atoms with van der Waals surface area (Å²) in [5.41, 5.74) is 3.31. The summed E-state index contributed by atoms with van der Waals surface area (Å²) in [6.07, 6.45) is 8.60. The van der Waals surface area contributed by atoms with Crippen LogP contribution in [0.5, 0.6) is 0 Å². The highest BCUT2D eigenvalue weighted by Gasteiger charge is 2.24. The molecule has 5 heteroatoms. The van der Waals surface area contributed by atoms with Crippen LogP contribution in [0, 0.1) is 6.92 Å². The van der Waals surface area contributed by atoms with Crippen LogP contribution in [-0.2, 0) is 16.1 Å². The van der Waals surface area contributed by atoms with E-state index >= 15 is 0 Å². The number of amides is 1. The minimum absolute atomic E-state index is 0.111. The molecule has 5 nitrogen and oxygen atoms in total. The Morgan fingerprint density at radius 3 is 2.76 bits per heavy atom. The lowest BCUT2D eigenvalue weighted by atomic mass is 9.96. The van der Waals surface area contributed by atoms with E-state index in [1.807, 2.05) is 6.20 Å². The van der Waals surface area contributed by atoms with Gasteiger partial charge in [0.1, 0.15) is 12.2 Å². The topological polar surface area (TPSA) is 56.2 Å². The van der Waals surface area contributed by atoms with Gasteiger partial charge in [-0.3, -0.25) is 4.79 Å². The summed E-state index contributed by atoms with van der Waals surface area (Å²) in [4.78, 5) is 17.3. The molecule has 2 aromatic rings. The molecule has 0 bridgehead atoms. The summed E-state index contributed by atoms with van der Waals surface area (Å²) in [5.74, 6) is 0.558. The van der Waals surface area contributed by atoms with Gasteiger partial charge >= 0.3 is 0 Å². The molecule has 1 aliphatic heterocycles. The van der Waals surface area contributed by atoms with Crippen molar-refractivity contribution in [2.75, 3.05) is 13.2 Å². The fraction of sp³-hybridized carbons (Fsp3) is 0.600. The molecule has 25 heavy (non-hydrogen) atoms. The van der Waals surface area contributed by atoms with Gasteiger partial charge in [0.05, 0.1) is 0 Å². The zero-order valence-electron chi connectivity index (χ0n) is 15.0. The third-order valence-electron chi connectivity index (χ3n) is 5.56. The third kappa shape index (κ3) is 3.56. The molecule has 1 aliphatic carbocycles. The first kappa shape index (κ1) is 16.6. The number of carbonyl (C=O) groups excluding carboxylic acids is 1. The summed E-state index contributed by atoms with van der Waals surface area (Å²) >= 11 is 0. The molecule has 1 amide bonds. The average Bonchev–Trinajstić information content (AvgIpc) is 3.23.